The molecule has 3 aromatic carbocycles. The van der Waals surface area contributed by atoms with Crippen LogP contribution in [0.3, 0.4) is 0 Å². The molecule has 0 atom stereocenters. The van der Waals surface area contributed by atoms with Gasteiger partial charge < -0.3 is 5.32 Å². The number of hydrogen-bond acceptors (Lipinski definition) is 2. The molecule has 1 aromatic heterocycles. The molecule has 4 aromatic rings. The molecule has 1 N–H and O–H groups in total. The van der Waals surface area contributed by atoms with E-state index in [-0.39, 0.29) is 18.2 Å². The van der Waals surface area contributed by atoms with Crippen LogP contribution in [-0.4, -0.2) is 11.7 Å². The lowest BCUT2D eigenvalue weighted by Gasteiger charge is -2.05. The SMILES string of the molecule is O=C(C[n+]1cccc(NC(=O)c2ccccc2)c1)c1ccc(-c2ccccc2)cc1. The van der Waals surface area contributed by atoms with E-state index >= 15 is 0 Å². The summed E-state index contributed by atoms with van der Waals surface area (Å²) in [6.07, 6.45) is 3.57. The zero-order chi connectivity index (χ0) is 20.8. The molecule has 0 aliphatic carbocycles. The zero-order valence-electron chi connectivity index (χ0n) is 16.4. The molecule has 0 saturated heterocycles. The van der Waals surface area contributed by atoms with E-state index in [4.69, 9.17) is 0 Å². The van der Waals surface area contributed by atoms with E-state index in [1.54, 1.807) is 29.0 Å². The van der Waals surface area contributed by atoms with Crippen LogP contribution >= 0.6 is 0 Å². The monoisotopic (exact) mass is 393 g/mol. The first-order chi connectivity index (χ1) is 14.7. The van der Waals surface area contributed by atoms with Crippen molar-refractivity contribution in [3.8, 4) is 11.1 Å². The van der Waals surface area contributed by atoms with Gasteiger partial charge in [-0.15, -0.1) is 0 Å². The summed E-state index contributed by atoms with van der Waals surface area (Å²) >= 11 is 0. The van der Waals surface area contributed by atoms with Gasteiger partial charge in [-0.05, 0) is 29.3 Å². The molecule has 0 bridgehead atoms. The van der Waals surface area contributed by atoms with Crippen LogP contribution in [0, 0.1) is 0 Å². The predicted molar refractivity (Wildman–Crippen MR) is 117 cm³/mol. The quantitative estimate of drug-likeness (QED) is 0.379. The second-order valence-corrected chi connectivity index (χ2v) is 6.95. The molecule has 146 valence electrons. The van der Waals surface area contributed by atoms with Gasteiger partial charge in [-0.2, -0.15) is 4.57 Å². The maximum absolute atomic E-state index is 12.7. The number of amides is 1. The molecular weight excluding hydrogens is 372 g/mol. The lowest BCUT2D eigenvalue weighted by molar-refractivity contribution is -0.682. The molecule has 4 heteroatoms. The first-order valence-electron chi connectivity index (χ1n) is 9.73. The van der Waals surface area contributed by atoms with Gasteiger partial charge in [0.25, 0.3) is 5.91 Å². The third kappa shape index (κ3) is 4.67. The van der Waals surface area contributed by atoms with Crippen LogP contribution in [0.4, 0.5) is 5.69 Å². The molecule has 0 fully saturated rings. The van der Waals surface area contributed by atoms with Crippen LogP contribution < -0.4 is 9.88 Å². The van der Waals surface area contributed by atoms with E-state index in [1.807, 2.05) is 85.1 Å². The van der Waals surface area contributed by atoms with Crippen molar-refractivity contribution >= 4 is 17.4 Å². The molecule has 0 spiro atoms. The summed E-state index contributed by atoms with van der Waals surface area (Å²) in [5.74, 6) is -0.178. The first-order valence-corrected chi connectivity index (χ1v) is 9.73. The molecule has 1 heterocycles. The molecule has 0 aliphatic rings. The number of hydrogen-bond donors (Lipinski definition) is 1. The number of nitrogens with one attached hydrogen (secondary N) is 1. The highest BCUT2D eigenvalue weighted by atomic mass is 16.1. The summed E-state index contributed by atoms with van der Waals surface area (Å²) in [5, 5.41) is 2.87. The summed E-state index contributed by atoms with van der Waals surface area (Å²) in [7, 11) is 0. The van der Waals surface area contributed by atoms with Gasteiger partial charge >= 0.3 is 0 Å². The lowest BCUT2D eigenvalue weighted by Crippen LogP contribution is -2.37. The van der Waals surface area contributed by atoms with Crippen LogP contribution in [0.25, 0.3) is 11.1 Å². The minimum Gasteiger partial charge on any atom is -0.317 e. The first kappa shape index (κ1) is 19.3. The van der Waals surface area contributed by atoms with Crippen molar-refractivity contribution < 1.29 is 14.2 Å². The third-order valence-electron chi connectivity index (χ3n) is 4.79. The molecule has 0 unspecified atom stereocenters. The smallest absolute Gasteiger partial charge is 0.255 e. The Kier molecular flexibility index (Phi) is 5.76. The summed E-state index contributed by atoms with van der Waals surface area (Å²) in [4.78, 5) is 25.0. The van der Waals surface area contributed by atoms with Gasteiger partial charge in [0, 0.05) is 17.2 Å². The number of pyridine rings is 1. The average molecular weight is 393 g/mol. The van der Waals surface area contributed by atoms with Crippen LogP contribution in [-0.2, 0) is 6.54 Å². The van der Waals surface area contributed by atoms with E-state index in [2.05, 4.69) is 5.32 Å². The van der Waals surface area contributed by atoms with E-state index in [9.17, 15) is 9.59 Å². The highest BCUT2D eigenvalue weighted by molar-refractivity contribution is 6.04. The Morgan fingerprint density at radius 1 is 0.667 bits per heavy atom. The van der Waals surface area contributed by atoms with Crippen molar-refractivity contribution in [2.45, 2.75) is 6.54 Å². The zero-order valence-corrected chi connectivity index (χ0v) is 16.4. The molecule has 0 aliphatic heterocycles. The topological polar surface area (TPSA) is 50.0 Å². The standard InChI is InChI=1S/C26H20N2O2/c29-25(22-15-13-21(14-16-22)20-8-3-1-4-9-20)19-28-17-7-12-24(18-28)27-26(30)23-10-5-2-6-11-23/h1-18H,19H2/p+1. The van der Waals surface area contributed by atoms with Gasteiger partial charge in [-0.3, -0.25) is 9.59 Å². The number of anilines is 1. The molecule has 0 saturated carbocycles. The molecule has 30 heavy (non-hydrogen) atoms. The van der Waals surface area contributed by atoms with E-state index in [0.717, 1.165) is 11.1 Å². The number of ketones is 1. The van der Waals surface area contributed by atoms with Crippen LogP contribution in [0.1, 0.15) is 20.7 Å². The number of nitrogens with zero attached hydrogens (tertiary/aromatic N) is 1. The van der Waals surface area contributed by atoms with Gasteiger partial charge in [-0.1, -0.05) is 72.8 Å². The Hall–Kier alpha value is -4.05. The van der Waals surface area contributed by atoms with Crippen LogP contribution in [0.5, 0.6) is 0 Å². The molecule has 1 amide bonds. The second-order valence-electron chi connectivity index (χ2n) is 6.95. The maximum atomic E-state index is 12.7. The maximum Gasteiger partial charge on any atom is 0.255 e. The van der Waals surface area contributed by atoms with Gasteiger partial charge in [0.1, 0.15) is 5.69 Å². The second kappa shape index (κ2) is 8.97. The van der Waals surface area contributed by atoms with Crippen molar-refractivity contribution in [1.82, 2.24) is 0 Å². The van der Waals surface area contributed by atoms with Gasteiger partial charge in [0.2, 0.25) is 12.3 Å². The highest BCUT2D eigenvalue weighted by Crippen LogP contribution is 2.19. The highest BCUT2D eigenvalue weighted by Gasteiger charge is 2.14. The van der Waals surface area contributed by atoms with Crippen molar-refractivity contribution in [1.29, 1.82) is 0 Å². The largest absolute Gasteiger partial charge is 0.317 e. The minimum absolute atomic E-state index is 0.00569. The van der Waals surface area contributed by atoms with E-state index in [0.29, 0.717) is 16.8 Å². The Morgan fingerprint density at radius 3 is 2.00 bits per heavy atom. The number of carbonyl (C=O) groups excluding carboxylic acids is 2. The van der Waals surface area contributed by atoms with Crippen molar-refractivity contribution in [3.63, 3.8) is 0 Å². The summed E-state index contributed by atoms with van der Waals surface area (Å²) < 4.78 is 1.77. The van der Waals surface area contributed by atoms with Crippen molar-refractivity contribution in [2.75, 3.05) is 5.32 Å². The van der Waals surface area contributed by atoms with Crippen LogP contribution in [0.15, 0.2) is 109 Å². The predicted octanol–water partition coefficient (Wildman–Crippen LogP) is 4.78. The minimum atomic E-state index is -0.184. The normalized spacial score (nSPS) is 10.4. The van der Waals surface area contributed by atoms with Crippen molar-refractivity contribution in [2.24, 2.45) is 0 Å². The summed E-state index contributed by atoms with van der Waals surface area (Å²) in [5.41, 5.74) is 4.07. The van der Waals surface area contributed by atoms with Gasteiger partial charge in [0.05, 0.1) is 0 Å². The van der Waals surface area contributed by atoms with E-state index in [1.165, 1.54) is 0 Å². The Morgan fingerprint density at radius 2 is 1.30 bits per heavy atom. The van der Waals surface area contributed by atoms with Gasteiger partial charge in [0.15, 0.2) is 12.4 Å². The Bertz CT molecular complexity index is 1150. The number of benzene rings is 3. The number of Topliss-reactive ketones (excluding diaryl/α,β-unsaturated/α-hetero) is 1. The van der Waals surface area contributed by atoms with Gasteiger partial charge in [-0.25, -0.2) is 0 Å². The number of rotatable bonds is 6. The molecule has 4 nitrogen and oxygen atoms in total. The average Bonchev–Trinajstić information content (AvgIpc) is 2.80. The fraction of sp³-hybridized carbons (Fsp3) is 0.0385. The third-order valence-corrected chi connectivity index (χ3v) is 4.79. The fourth-order valence-corrected chi connectivity index (χ4v) is 3.22. The van der Waals surface area contributed by atoms with Crippen LogP contribution in [0.2, 0.25) is 0 Å². The number of aromatic nitrogens is 1. The molecule has 0 radical (unpaired) electrons. The summed E-state index contributed by atoms with van der Waals surface area (Å²) in [6.45, 7) is 0.194. The summed E-state index contributed by atoms with van der Waals surface area (Å²) in [6, 6.07) is 30.3. The Labute approximate surface area is 175 Å². The van der Waals surface area contributed by atoms with Crippen molar-refractivity contribution in [3.05, 3.63) is 121 Å². The lowest BCUT2D eigenvalue weighted by atomic mass is 10.0. The fourth-order valence-electron chi connectivity index (χ4n) is 3.22. The van der Waals surface area contributed by atoms with E-state index < -0.39 is 0 Å². The number of carbonyl (C=O) groups is 2. The molecule has 4 rings (SSSR count). The Balaban J connectivity index is 1.43. The molecular formula is C26H21N2O2+.